The molecule has 2 aromatic rings. The zero-order valence-electron chi connectivity index (χ0n) is 10.5. The molecule has 0 aliphatic rings. The lowest BCUT2D eigenvalue weighted by Crippen LogP contribution is -2.19. The summed E-state index contributed by atoms with van der Waals surface area (Å²) >= 11 is 4.92. The summed E-state index contributed by atoms with van der Waals surface area (Å²) in [5, 5.41) is 12.5. The van der Waals surface area contributed by atoms with Crippen LogP contribution in [0.5, 0.6) is 5.75 Å². The van der Waals surface area contributed by atoms with Crippen LogP contribution < -0.4 is 10.5 Å². The molecule has 2 atom stereocenters. The smallest absolute Gasteiger partial charge is 0.135 e. The molecule has 0 fully saturated rings. The largest absolute Gasteiger partial charge is 0.495 e. The summed E-state index contributed by atoms with van der Waals surface area (Å²) in [6.07, 6.45) is -0.658. The molecule has 19 heavy (non-hydrogen) atoms. The second kappa shape index (κ2) is 6.52. The minimum absolute atomic E-state index is 0.148. The van der Waals surface area contributed by atoms with Crippen molar-refractivity contribution in [3.63, 3.8) is 0 Å². The number of nitrogens with two attached hydrogens (primary N) is 1. The van der Waals surface area contributed by atoms with E-state index in [2.05, 4.69) is 15.9 Å². The molecule has 2 rings (SSSR count). The SMILES string of the molecule is COc1ccsc1C(O)C(CN)c1cccc(Br)c1. The third kappa shape index (κ3) is 3.17. The van der Waals surface area contributed by atoms with Crippen LogP contribution in [-0.2, 0) is 0 Å². The van der Waals surface area contributed by atoms with Gasteiger partial charge >= 0.3 is 0 Å². The first-order valence-electron chi connectivity index (χ1n) is 5.92. The van der Waals surface area contributed by atoms with Gasteiger partial charge in [0.1, 0.15) is 5.75 Å². The average molecular weight is 342 g/mol. The molecule has 1 aromatic heterocycles. The maximum absolute atomic E-state index is 10.6. The Morgan fingerprint density at radius 1 is 1.42 bits per heavy atom. The third-order valence-corrected chi connectivity index (χ3v) is 4.52. The molecule has 2 unspecified atom stereocenters. The molecule has 0 aliphatic heterocycles. The summed E-state index contributed by atoms with van der Waals surface area (Å²) < 4.78 is 6.24. The number of aliphatic hydroxyl groups is 1. The van der Waals surface area contributed by atoms with Gasteiger partial charge in [-0.15, -0.1) is 11.3 Å². The fraction of sp³-hybridized carbons (Fsp3) is 0.286. The van der Waals surface area contributed by atoms with E-state index in [1.165, 1.54) is 11.3 Å². The van der Waals surface area contributed by atoms with Crippen molar-refractivity contribution in [3.8, 4) is 5.75 Å². The topological polar surface area (TPSA) is 55.5 Å². The fourth-order valence-electron chi connectivity index (χ4n) is 2.06. The Labute approximate surface area is 125 Å². The lowest BCUT2D eigenvalue weighted by atomic mass is 9.92. The molecule has 1 heterocycles. The van der Waals surface area contributed by atoms with Crippen LogP contribution >= 0.6 is 27.3 Å². The van der Waals surface area contributed by atoms with Gasteiger partial charge < -0.3 is 15.6 Å². The summed E-state index contributed by atoms with van der Waals surface area (Å²) in [5.74, 6) is 0.566. The van der Waals surface area contributed by atoms with Crippen molar-refractivity contribution in [2.75, 3.05) is 13.7 Å². The highest BCUT2D eigenvalue weighted by Gasteiger charge is 2.25. The van der Waals surface area contributed by atoms with E-state index >= 15 is 0 Å². The van der Waals surface area contributed by atoms with Gasteiger partial charge in [-0.2, -0.15) is 0 Å². The predicted octanol–water partition coefficient (Wildman–Crippen LogP) is 3.30. The highest BCUT2D eigenvalue weighted by molar-refractivity contribution is 9.10. The molecule has 0 saturated heterocycles. The Bertz CT molecular complexity index is 544. The molecule has 0 spiro atoms. The quantitative estimate of drug-likeness (QED) is 0.877. The van der Waals surface area contributed by atoms with Crippen LogP contribution in [-0.4, -0.2) is 18.8 Å². The van der Waals surface area contributed by atoms with E-state index < -0.39 is 6.10 Å². The first-order valence-corrected chi connectivity index (χ1v) is 7.59. The Balaban J connectivity index is 2.32. The second-order valence-corrected chi connectivity index (χ2v) is 6.06. The average Bonchev–Trinajstić information content (AvgIpc) is 2.87. The van der Waals surface area contributed by atoms with Crippen molar-refractivity contribution in [1.82, 2.24) is 0 Å². The van der Waals surface area contributed by atoms with Gasteiger partial charge in [-0.3, -0.25) is 0 Å². The van der Waals surface area contributed by atoms with Crippen LogP contribution in [0.15, 0.2) is 40.2 Å². The molecular weight excluding hydrogens is 326 g/mol. The van der Waals surface area contributed by atoms with Gasteiger partial charge in [-0.25, -0.2) is 0 Å². The second-order valence-electron chi connectivity index (χ2n) is 4.20. The fourth-order valence-corrected chi connectivity index (χ4v) is 3.39. The van der Waals surface area contributed by atoms with E-state index in [1.807, 2.05) is 35.7 Å². The Hall–Kier alpha value is -0.880. The number of rotatable bonds is 5. The molecule has 0 amide bonds. The van der Waals surface area contributed by atoms with Gasteiger partial charge in [0.05, 0.1) is 18.1 Å². The van der Waals surface area contributed by atoms with Crippen molar-refractivity contribution >= 4 is 27.3 Å². The van der Waals surface area contributed by atoms with E-state index in [1.54, 1.807) is 7.11 Å². The molecule has 102 valence electrons. The minimum Gasteiger partial charge on any atom is -0.495 e. The lowest BCUT2D eigenvalue weighted by molar-refractivity contribution is 0.148. The molecule has 5 heteroatoms. The maximum atomic E-state index is 10.6. The Kier molecular flexibility index (Phi) is 4.99. The first-order chi connectivity index (χ1) is 9.17. The van der Waals surface area contributed by atoms with Crippen molar-refractivity contribution in [3.05, 3.63) is 50.6 Å². The van der Waals surface area contributed by atoms with Crippen LogP contribution in [0.25, 0.3) is 0 Å². The number of halogens is 1. The van der Waals surface area contributed by atoms with E-state index in [0.29, 0.717) is 12.3 Å². The molecule has 0 aliphatic carbocycles. The van der Waals surface area contributed by atoms with Gasteiger partial charge in [0.15, 0.2) is 0 Å². The highest BCUT2D eigenvalue weighted by atomic mass is 79.9. The van der Waals surface area contributed by atoms with E-state index in [-0.39, 0.29) is 5.92 Å². The van der Waals surface area contributed by atoms with Gasteiger partial charge in [0.2, 0.25) is 0 Å². The van der Waals surface area contributed by atoms with Gasteiger partial charge in [-0.1, -0.05) is 28.1 Å². The van der Waals surface area contributed by atoms with E-state index in [9.17, 15) is 5.11 Å². The van der Waals surface area contributed by atoms with Gasteiger partial charge in [-0.05, 0) is 29.1 Å². The van der Waals surface area contributed by atoms with E-state index in [4.69, 9.17) is 10.5 Å². The molecule has 0 bridgehead atoms. The maximum Gasteiger partial charge on any atom is 0.135 e. The van der Waals surface area contributed by atoms with Crippen molar-refractivity contribution < 1.29 is 9.84 Å². The first kappa shape index (κ1) is 14.5. The number of thiophene rings is 1. The minimum atomic E-state index is -0.658. The van der Waals surface area contributed by atoms with Crippen molar-refractivity contribution in [1.29, 1.82) is 0 Å². The normalized spacial score (nSPS) is 14.1. The van der Waals surface area contributed by atoms with Crippen molar-refractivity contribution in [2.45, 2.75) is 12.0 Å². The number of ether oxygens (including phenoxy) is 1. The summed E-state index contributed by atoms with van der Waals surface area (Å²) in [6.45, 7) is 0.374. The number of hydrogen-bond donors (Lipinski definition) is 2. The standard InChI is InChI=1S/C14H16BrNO2S/c1-18-12-5-6-19-14(12)13(17)11(8-16)9-3-2-4-10(15)7-9/h2-7,11,13,17H,8,16H2,1H3. The molecule has 0 saturated carbocycles. The Morgan fingerprint density at radius 2 is 2.21 bits per heavy atom. The van der Waals surface area contributed by atoms with Crippen LogP contribution in [0, 0.1) is 0 Å². The summed E-state index contributed by atoms with van der Waals surface area (Å²) in [5.41, 5.74) is 6.86. The van der Waals surface area contributed by atoms with Crippen LogP contribution in [0.3, 0.4) is 0 Å². The molecule has 3 N–H and O–H groups in total. The van der Waals surface area contributed by atoms with Crippen LogP contribution in [0.4, 0.5) is 0 Å². The zero-order valence-corrected chi connectivity index (χ0v) is 12.9. The number of aliphatic hydroxyl groups excluding tert-OH is 1. The van der Waals surface area contributed by atoms with Gasteiger partial charge in [0.25, 0.3) is 0 Å². The molecule has 3 nitrogen and oxygen atoms in total. The van der Waals surface area contributed by atoms with E-state index in [0.717, 1.165) is 14.9 Å². The summed E-state index contributed by atoms with van der Waals surface area (Å²) in [6, 6.07) is 9.72. The third-order valence-electron chi connectivity index (χ3n) is 3.06. The number of benzene rings is 1. The molecule has 1 aromatic carbocycles. The molecule has 0 radical (unpaired) electrons. The van der Waals surface area contributed by atoms with Crippen molar-refractivity contribution in [2.24, 2.45) is 5.73 Å². The van der Waals surface area contributed by atoms with Crippen LogP contribution in [0.2, 0.25) is 0 Å². The number of methoxy groups -OCH3 is 1. The lowest BCUT2D eigenvalue weighted by Gasteiger charge is -2.22. The Morgan fingerprint density at radius 3 is 2.84 bits per heavy atom. The van der Waals surface area contributed by atoms with Crippen LogP contribution in [0.1, 0.15) is 22.5 Å². The van der Waals surface area contributed by atoms with Gasteiger partial charge in [0, 0.05) is 16.9 Å². The number of hydrogen-bond acceptors (Lipinski definition) is 4. The summed E-state index contributed by atoms with van der Waals surface area (Å²) in [7, 11) is 1.61. The predicted molar refractivity (Wildman–Crippen MR) is 81.8 cm³/mol. The summed E-state index contributed by atoms with van der Waals surface area (Å²) in [4.78, 5) is 0.818. The zero-order chi connectivity index (χ0) is 13.8. The highest BCUT2D eigenvalue weighted by Crippen LogP contribution is 2.39. The molecular formula is C14H16BrNO2S. The monoisotopic (exact) mass is 341 g/mol.